The molecule has 17 heavy (non-hydrogen) atoms. The van der Waals surface area contributed by atoms with Gasteiger partial charge in [0.05, 0.1) is 0 Å². The molecule has 7 heteroatoms. The van der Waals surface area contributed by atoms with E-state index in [1.165, 1.54) is 0 Å². The number of hydrogen-bond acceptors (Lipinski definition) is 5. The van der Waals surface area contributed by atoms with E-state index in [2.05, 4.69) is 9.97 Å². The molecule has 1 aliphatic heterocycles. The highest BCUT2D eigenvalue weighted by Crippen LogP contribution is 2.17. The molecule has 0 spiro atoms. The maximum atomic E-state index is 11.8. The topological polar surface area (TPSA) is 109 Å². The SMILES string of the molecule is CCN1C(=O)c2nc(CCN)[nH]c(=O)c2C1=O. The first-order chi connectivity index (χ1) is 8.10. The molecule has 0 aromatic carbocycles. The molecule has 2 heterocycles. The Labute approximate surface area is 96.6 Å². The molecule has 2 rings (SSSR count). The highest BCUT2D eigenvalue weighted by molar-refractivity contribution is 6.20. The van der Waals surface area contributed by atoms with Crippen molar-refractivity contribution in [3.05, 3.63) is 27.4 Å². The average molecular weight is 236 g/mol. The van der Waals surface area contributed by atoms with Crippen molar-refractivity contribution in [2.45, 2.75) is 13.3 Å². The van der Waals surface area contributed by atoms with Gasteiger partial charge in [-0.2, -0.15) is 0 Å². The zero-order chi connectivity index (χ0) is 12.6. The maximum absolute atomic E-state index is 11.8. The van der Waals surface area contributed by atoms with E-state index in [4.69, 9.17) is 5.73 Å². The summed E-state index contributed by atoms with van der Waals surface area (Å²) in [6, 6.07) is 0. The van der Waals surface area contributed by atoms with Gasteiger partial charge in [0.25, 0.3) is 17.4 Å². The number of H-pyrrole nitrogens is 1. The largest absolute Gasteiger partial charge is 0.330 e. The van der Waals surface area contributed by atoms with Crippen molar-refractivity contribution in [1.29, 1.82) is 0 Å². The van der Waals surface area contributed by atoms with Crippen LogP contribution in [-0.2, 0) is 6.42 Å². The van der Waals surface area contributed by atoms with Gasteiger partial charge in [-0.3, -0.25) is 19.3 Å². The van der Waals surface area contributed by atoms with Crippen molar-refractivity contribution in [3.63, 3.8) is 0 Å². The van der Waals surface area contributed by atoms with Gasteiger partial charge in [-0.1, -0.05) is 0 Å². The van der Waals surface area contributed by atoms with Gasteiger partial charge in [0.1, 0.15) is 17.1 Å². The van der Waals surface area contributed by atoms with Crippen molar-refractivity contribution < 1.29 is 9.59 Å². The second kappa shape index (κ2) is 4.10. The number of aromatic amines is 1. The molecule has 0 saturated carbocycles. The van der Waals surface area contributed by atoms with Crippen molar-refractivity contribution in [2.75, 3.05) is 13.1 Å². The van der Waals surface area contributed by atoms with Gasteiger partial charge >= 0.3 is 0 Å². The lowest BCUT2D eigenvalue weighted by molar-refractivity contribution is 0.0660. The van der Waals surface area contributed by atoms with Crippen LogP contribution in [0.15, 0.2) is 4.79 Å². The van der Waals surface area contributed by atoms with E-state index in [1.807, 2.05) is 0 Å². The van der Waals surface area contributed by atoms with E-state index in [-0.39, 0.29) is 17.8 Å². The molecule has 0 bridgehead atoms. The number of aromatic nitrogens is 2. The first-order valence-electron chi connectivity index (χ1n) is 5.29. The summed E-state index contributed by atoms with van der Waals surface area (Å²) in [4.78, 5) is 42.7. The van der Waals surface area contributed by atoms with E-state index in [0.29, 0.717) is 18.8 Å². The Hall–Kier alpha value is -2.02. The minimum atomic E-state index is -0.583. The summed E-state index contributed by atoms with van der Waals surface area (Å²) >= 11 is 0. The van der Waals surface area contributed by atoms with Gasteiger partial charge in [-0.05, 0) is 13.5 Å². The standard InChI is InChI=1S/C10H12N4O3/c1-2-14-9(16)6-7(10(14)17)12-5(3-4-11)13-8(6)15/h2-4,11H2,1H3,(H,12,13,15). The lowest BCUT2D eigenvalue weighted by Crippen LogP contribution is -2.30. The van der Waals surface area contributed by atoms with Crippen molar-refractivity contribution in [3.8, 4) is 0 Å². The minimum absolute atomic E-state index is 0.0657. The number of nitrogens with one attached hydrogen (secondary N) is 1. The van der Waals surface area contributed by atoms with Crippen LogP contribution in [0.2, 0.25) is 0 Å². The van der Waals surface area contributed by atoms with Gasteiger partial charge in [-0.15, -0.1) is 0 Å². The van der Waals surface area contributed by atoms with Gasteiger partial charge in [0.2, 0.25) is 0 Å². The van der Waals surface area contributed by atoms with E-state index in [1.54, 1.807) is 6.92 Å². The molecule has 1 aromatic rings. The molecule has 90 valence electrons. The van der Waals surface area contributed by atoms with E-state index in [0.717, 1.165) is 4.90 Å². The lowest BCUT2D eigenvalue weighted by Gasteiger charge is -2.07. The molecule has 0 saturated heterocycles. The summed E-state index contributed by atoms with van der Waals surface area (Å²) in [5.41, 5.74) is 4.54. The fraction of sp³-hybridized carbons (Fsp3) is 0.400. The molecule has 2 amide bonds. The van der Waals surface area contributed by atoms with Crippen molar-refractivity contribution in [1.82, 2.24) is 14.9 Å². The maximum Gasteiger partial charge on any atom is 0.280 e. The quantitative estimate of drug-likeness (QED) is 0.646. The van der Waals surface area contributed by atoms with Crippen LogP contribution in [0.25, 0.3) is 0 Å². The van der Waals surface area contributed by atoms with Crippen LogP contribution in [0, 0.1) is 0 Å². The Morgan fingerprint density at radius 2 is 2.00 bits per heavy atom. The second-order valence-corrected chi connectivity index (χ2v) is 3.63. The molecule has 0 fully saturated rings. The fourth-order valence-corrected chi connectivity index (χ4v) is 1.77. The normalized spacial score (nSPS) is 14.4. The number of nitrogens with two attached hydrogens (primary N) is 1. The van der Waals surface area contributed by atoms with Crippen LogP contribution in [-0.4, -0.2) is 39.8 Å². The molecule has 3 N–H and O–H groups in total. The summed E-state index contributed by atoms with van der Waals surface area (Å²) in [6.45, 7) is 2.19. The van der Waals surface area contributed by atoms with Gasteiger partial charge in [0, 0.05) is 13.0 Å². The zero-order valence-electron chi connectivity index (χ0n) is 9.32. The predicted molar refractivity (Wildman–Crippen MR) is 58.7 cm³/mol. The van der Waals surface area contributed by atoms with Gasteiger partial charge in [-0.25, -0.2) is 4.98 Å². The number of nitrogens with zero attached hydrogens (tertiary/aromatic N) is 2. The fourth-order valence-electron chi connectivity index (χ4n) is 1.77. The van der Waals surface area contributed by atoms with Crippen LogP contribution in [0.3, 0.4) is 0 Å². The van der Waals surface area contributed by atoms with E-state index >= 15 is 0 Å². The summed E-state index contributed by atoms with van der Waals surface area (Å²) in [7, 11) is 0. The van der Waals surface area contributed by atoms with Crippen molar-refractivity contribution >= 4 is 11.8 Å². The Kier molecular flexibility index (Phi) is 2.76. The molecule has 0 unspecified atom stereocenters. The Balaban J connectivity index is 2.59. The molecular formula is C10H12N4O3. The molecular weight excluding hydrogens is 224 g/mol. The third kappa shape index (κ3) is 1.64. The second-order valence-electron chi connectivity index (χ2n) is 3.63. The number of hydrogen-bond donors (Lipinski definition) is 2. The Bertz CT molecular complexity index is 549. The third-order valence-corrected chi connectivity index (χ3v) is 2.57. The predicted octanol–water partition coefficient (Wildman–Crippen LogP) is -1.11. The number of carbonyl (C=O) groups is 2. The Morgan fingerprint density at radius 1 is 1.29 bits per heavy atom. The zero-order valence-corrected chi connectivity index (χ0v) is 9.32. The number of amides is 2. The van der Waals surface area contributed by atoms with Crippen LogP contribution >= 0.6 is 0 Å². The molecule has 7 nitrogen and oxygen atoms in total. The summed E-state index contributed by atoms with van der Waals surface area (Å²) in [5.74, 6) is -0.771. The average Bonchev–Trinajstić information content (AvgIpc) is 2.52. The van der Waals surface area contributed by atoms with Crippen LogP contribution in [0.4, 0.5) is 0 Å². The minimum Gasteiger partial charge on any atom is -0.330 e. The van der Waals surface area contributed by atoms with E-state index in [9.17, 15) is 14.4 Å². The highest BCUT2D eigenvalue weighted by atomic mass is 16.2. The smallest absolute Gasteiger partial charge is 0.280 e. The van der Waals surface area contributed by atoms with Crippen LogP contribution < -0.4 is 11.3 Å². The summed E-state index contributed by atoms with van der Waals surface area (Å²) in [6.07, 6.45) is 0.357. The highest BCUT2D eigenvalue weighted by Gasteiger charge is 2.38. The lowest BCUT2D eigenvalue weighted by atomic mass is 10.2. The van der Waals surface area contributed by atoms with Gasteiger partial charge in [0.15, 0.2) is 0 Å². The first kappa shape index (κ1) is 11.5. The summed E-state index contributed by atoms with van der Waals surface area (Å²) in [5, 5.41) is 0. The molecule has 1 aliphatic rings. The Morgan fingerprint density at radius 3 is 2.59 bits per heavy atom. The van der Waals surface area contributed by atoms with E-state index < -0.39 is 17.4 Å². The van der Waals surface area contributed by atoms with Crippen LogP contribution in [0.5, 0.6) is 0 Å². The number of imide groups is 1. The van der Waals surface area contributed by atoms with Gasteiger partial charge < -0.3 is 10.7 Å². The van der Waals surface area contributed by atoms with Crippen molar-refractivity contribution in [2.24, 2.45) is 5.73 Å². The monoisotopic (exact) mass is 236 g/mol. The third-order valence-electron chi connectivity index (χ3n) is 2.57. The summed E-state index contributed by atoms with van der Waals surface area (Å²) < 4.78 is 0. The number of fused-ring (bicyclic) bond motifs is 1. The number of rotatable bonds is 3. The molecule has 0 atom stereocenters. The first-order valence-corrected chi connectivity index (χ1v) is 5.29. The van der Waals surface area contributed by atoms with Crippen LogP contribution in [0.1, 0.15) is 33.6 Å². The molecule has 1 aromatic heterocycles. The molecule has 0 aliphatic carbocycles. The molecule has 0 radical (unpaired) electrons. The number of carbonyl (C=O) groups excluding carboxylic acids is 2.